The van der Waals surface area contributed by atoms with Crippen molar-refractivity contribution in [3.05, 3.63) is 0 Å². The van der Waals surface area contributed by atoms with Crippen molar-refractivity contribution < 1.29 is 0 Å². The van der Waals surface area contributed by atoms with Crippen LogP contribution in [0.1, 0.15) is 19.8 Å². The third-order valence-electron chi connectivity index (χ3n) is 1.36. The number of alkyl halides is 1. The second kappa shape index (κ2) is 1.42. The van der Waals surface area contributed by atoms with Crippen LogP contribution in [0.5, 0.6) is 0 Å². The molecule has 0 spiro atoms. The molecule has 1 fully saturated rings. The van der Waals surface area contributed by atoms with Crippen LogP contribution in [-0.2, 0) is 0 Å². The van der Waals surface area contributed by atoms with Crippen LogP contribution >= 0.6 is 11.6 Å². The molecule has 36 valence electrons. The highest BCUT2D eigenvalue weighted by atomic mass is 35.5. The fourth-order valence-electron chi connectivity index (χ4n) is 0.633. The molecule has 0 aliphatic heterocycles. The van der Waals surface area contributed by atoms with Gasteiger partial charge in [0.2, 0.25) is 0 Å². The largest absolute Gasteiger partial charge is 0.123 e. The van der Waals surface area contributed by atoms with Crippen LogP contribution in [0.25, 0.3) is 0 Å². The summed E-state index contributed by atoms with van der Waals surface area (Å²) in [5.41, 5.74) is 0. The highest BCUT2D eigenvalue weighted by Crippen LogP contribution is 2.38. The Morgan fingerprint density at radius 3 is 2.33 bits per heavy atom. The van der Waals surface area contributed by atoms with E-state index < -0.39 is 0 Å². The van der Waals surface area contributed by atoms with Gasteiger partial charge in [-0.05, 0) is 12.3 Å². The maximum Gasteiger partial charge on any atom is 0.0367 e. The van der Waals surface area contributed by atoms with Crippen LogP contribution in [0.3, 0.4) is 0 Å². The molecule has 1 aliphatic rings. The van der Waals surface area contributed by atoms with E-state index in [4.69, 9.17) is 11.6 Å². The Labute approximate surface area is 43.5 Å². The Kier molecular flexibility index (Phi) is 1.05. The highest BCUT2D eigenvalue weighted by molar-refractivity contribution is 6.22. The molecule has 1 rings (SSSR count). The van der Waals surface area contributed by atoms with Gasteiger partial charge in [0, 0.05) is 5.38 Å². The Morgan fingerprint density at radius 2 is 2.33 bits per heavy atom. The zero-order valence-corrected chi connectivity index (χ0v) is 4.70. The SMILES string of the molecule is CC[C@H]1C[C@H]1Cl. The Hall–Kier alpha value is 0.290. The van der Waals surface area contributed by atoms with Crippen molar-refractivity contribution in [2.45, 2.75) is 25.1 Å². The zero-order valence-electron chi connectivity index (χ0n) is 3.95. The lowest BCUT2D eigenvalue weighted by Gasteiger charge is -1.77. The van der Waals surface area contributed by atoms with E-state index in [1.807, 2.05) is 0 Å². The van der Waals surface area contributed by atoms with E-state index in [2.05, 4.69) is 6.92 Å². The molecule has 0 unspecified atom stereocenters. The van der Waals surface area contributed by atoms with Gasteiger partial charge in [-0.3, -0.25) is 0 Å². The molecule has 2 atom stereocenters. The van der Waals surface area contributed by atoms with E-state index in [0.29, 0.717) is 5.38 Å². The maximum atomic E-state index is 5.65. The molecule has 0 saturated heterocycles. The third kappa shape index (κ3) is 0.676. The molecule has 0 aromatic carbocycles. The van der Waals surface area contributed by atoms with Crippen LogP contribution in [0.15, 0.2) is 0 Å². The second-order valence-electron chi connectivity index (χ2n) is 1.92. The molecule has 0 nitrogen and oxygen atoms in total. The average Bonchev–Trinajstić information content (AvgIpc) is 2.19. The molecule has 0 aromatic heterocycles. The van der Waals surface area contributed by atoms with Crippen molar-refractivity contribution in [3.63, 3.8) is 0 Å². The quantitative estimate of drug-likeness (QED) is 0.447. The molecule has 1 heteroatoms. The monoisotopic (exact) mass is 104 g/mol. The standard InChI is InChI=1S/C5H9Cl/c1-2-4-3-5(4)6/h4-5H,2-3H2,1H3/t4-,5+/m0/s1. The number of hydrogen-bond donors (Lipinski definition) is 0. The normalized spacial score (nSPS) is 43.0. The van der Waals surface area contributed by atoms with Crippen molar-refractivity contribution >= 4 is 11.6 Å². The van der Waals surface area contributed by atoms with Crippen molar-refractivity contribution in [2.24, 2.45) is 5.92 Å². The lowest BCUT2D eigenvalue weighted by atomic mass is 10.3. The van der Waals surface area contributed by atoms with Gasteiger partial charge in [-0.1, -0.05) is 13.3 Å². The predicted molar refractivity (Wildman–Crippen MR) is 28.0 cm³/mol. The summed E-state index contributed by atoms with van der Waals surface area (Å²) >= 11 is 5.65. The van der Waals surface area contributed by atoms with Gasteiger partial charge in [-0.25, -0.2) is 0 Å². The Balaban J connectivity index is 2.09. The molecule has 0 aromatic rings. The predicted octanol–water partition coefficient (Wildman–Crippen LogP) is 2.02. The van der Waals surface area contributed by atoms with E-state index in [9.17, 15) is 0 Å². The summed E-state index contributed by atoms with van der Waals surface area (Å²) < 4.78 is 0. The van der Waals surface area contributed by atoms with Gasteiger partial charge in [0.1, 0.15) is 0 Å². The van der Waals surface area contributed by atoms with Crippen LogP contribution in [0.4, 0.5) is 0 Å². The first-order valence-electron chi connectivity index (χ1n) is 2.48. The first-order valence-corrected chi connectivity index (χ1v) is 2.92. The first-order chi connectivity index (χ1) is 2.84. The molecular formula is C5H9Cl. The molecule has 1 saturated carbocycles. The molecular weight excluding hydrogens is 95.5 g/mol. The minimum absolute atomic E-state index is 0.537. The molecule has 0 bridgehead atoms. The van der Waals surface area contributed by atoms with Crippen molar-refractivity contribution in [3.8, 4) is 0 Å². The smallest absolute Gasteiger partial charge is 0.0367 e. The fraction of sp³-hybridized carbons (Fsp3) is 1.00. The van der Waals surface area contributed by atoms with Gasteiger partial charge in [0.25, 0.3) is 0 Å². The number of hydrogen-bond acceptors (Lipinski definition) is 0. The lowest BCUT2D eigenvalue weighted by molar-refractivity contribution is 0.801. The van der Waals surface area contributed by atoms with E-state index in [1.165, 1.54) is 12.8 Å². The summed E-state index contributed by atoms with van der Waals surface area (Å²) in [7, 11) is 0. The topological polar surface area (TPSA) is 0 Å². The molecule has 0 radical (unpaired) electrons. The van der Waals surface area contributed by atoms with Crippen molar-refractivity contribution in [1.29, 1.82) is 0 Å². The minimum Gasteiger partial charge on any atom is -0.123 e. The van der Waals surface area contributed by atoms with Crippen LogP contribution in [0.2, 0.25) is 0 Å². The molecule has 0 heterocycles. The molecule has 6 heavy (non-hydrogen) atoms. The number of halogens is 1. The van der Waals surface area contributed by atoms with Gasteiger partial charge in [0.05, 0.1) is 0 Å². The van der Waals surface area contributed by atoms with Gasteiger partial charge in [-0.15, -0.1) is 11.6 Å². The first kappa shape index (κ1) is 4.45. The van der Waals surface area contributed by atoms with Crippen LogP contribution < -0.4 is 0 Å². The lowest BCUT2D eigenvalue weighted by Crippen LogP contribution is -1.70. The summed E-state index contributed by atoms with van der Waals surface area (Å²) in [6.07, 6.45) is 2.53. The summed E-state index contributed by atoms with van der Waals surface area (Å²) in [4.78, 5) is 0. The highest BCUT2D eigenvalue weighted by Gasteiger charge is 2.32. The van der Waals surface area contributed by atoms with Gasteiger partial charge in [-0.2, -0.15) is 0 Å². The summed E-state index contributed by atoms with van der Waals surface area (Å²) in [5.74, 6) is 0.867. The fourth-order valence-corrected chi connectivity index (χ4v) is 1.04. The van der Waals surface area contributed by atoms with E-state index >= 15 is 0 Å². The second-order valence-corrected chi connectivity index (χ2v) is 2.48. The minimum atomic E-state index is 0.537. The Morgan fingerprint density at radius 1 is 1.83 bits per heavy atom. The van der Waals surface area contributed by atoms with E-state index in [0.717, 1.165) is 5.92 Å². The molecule has 0 N–H and O–H groups in total. The van der Waals surface area contributed by atoms with Crippen LogP contribution in [0, 0.1) is 5.92 Å². The van der Waals surface area contributed by atoms with E-state index in [1.54, 1.807) is 0 Å². The molecule has 1 aliphatic carbocycles. The van der Waals surface area contributed by atoms with Gasteiger partial charge < -0.3 is 0 Å². The average molecular weight is 105 g/mol. The zero-order chi connectivity index (χ0) is 4.57. The van der Waals surface area contributed by atoms with E-state index in [-0.39, 0.29) is 0 Å². The van der Waals surface area contributed by atoms with Crippen molar-refractivity contribution in [1.82, 2.24) is 0 Å². The third-order valence-corrected chi connectivity index (χ3v) is 1.90. The summed E-state index contributed by atoms with van der Waals surface area (Å²) in [6.45, 7) is 2.19. The Bertz CT molecular complexity index is 49.9. The van der Waals surface area contributed by atoms with Gasteiger partial charge in [0.15, 0.2) is 0 Å². The summed E-state index contributed by atoms with van der Waals surface area (Å²) in [6, 6.07) is 0. The molecule has 0 amide bonds. The van der Waals surface area contributed by atoms with Gasteiger partial charge >= 0.3 is 0 Å². The maximum absolute atomic E-state index is 5.65. The van der Waals surface area contributed by atoms with Crippen LogP contribution in [-0.4, -0.2) is 5.38 Å². The van der Waals surface area contributed by atoms with Crippen molar-refractivity contribution in [2.75, 3.05) is 0 Å². The summed E-state index contributed by atoms with van der Waals surface area (Å²) in [5, 5.41) is 0.537. The number of rotatable bonds is 1.